The van der Waals surface area contributed by atoms with Crippen molar-refractivity contribution in [1.29, 1.82) is 0 Å². The highest BCUT2D eigenvalue weighted by Crippen LogP contribution is 2.32. The number of nitrogens with one attached hydrogen (secondary N) is 1. The van der Waals surface area contributed by atoms with Crippen LogP contribution in [-0.2, 0) is 4.79 Å². The normalized spacial score (nSPS) is 11.6. The molecule has 0 aliphatic heterocycles. The van der Waals surface area contributed by atoms with Gasteiger partial charge in [-0.1, -0.05) is 54.6 Å². The Bertz CT molecular complexity index is 959. The van der Waals surface area contributed by atoms with Gasteiger partial charge in [-0.2, -0.15) is 0 Å². The van der Waals surface area contributed by atoms with Gasteiger partial charge in [-0.25, -0.2) is 0 Å². The van der Waals surface area contributed by atoms with Crippen LogP contribution in [0.1, 0.15) is 22.7 Å². The molecule has 0 saturated heterocycles. The zero-order chi connectivity index (χ0) is 20.6. The van der Waals surface area contributed by atoms with Gasteiger partial charge in [0.15, 0.2) is 11.5 Å². The summed E-state index contributed by atoms with van der Waals surface area (Å²) >= 11 is 1.47. The second-order valence-corrected chi connectivity index (χ2v) is 7.62. The van der Waals surface area contributed by atoms with Crippen LogP contribution in [0.15, 0.2) is 77.7 Å². The Labute approximate surface area is 176 Å². The molecule has 0 aromatic heterocycles. The summed E-state index contributed by atoms with van der Waals surface area (Å²) < 4.78 is 10.6. The van der Waals surface area contributed by atoms with E-state index in [1.54, 1.807) is 14.2 Å². The first kappa shape index (κ1) is 20.8. The third-order valence-corrected chi connectivity index (χ3v) is 5.66. The number of ether oxygens (including phenoxy) is 2. The first-order chi connectivity index (χ1) is 14.1. The molecule has 0 radical (unpaired) electrons. The molecule has 0 bridgehead atoms. The maximum atomic E-state index is 12.8. The Morgan fingerprint density at radius 1 is 0.931 bits per heavy atom. The average Bonchev–Trinajstić information content (AvgIpc) is 2.77. The molecular weight excluding hydrogens is 382 g/mol. The van der Waals surface area contributed by atoms with Crippen LogP contribution in [0, 0.1) is 6.92 Å². The quantitative estimate of drug-likeness (QED) is 0.533. The fourth-order valence-electron chi connectivity index (χ4n) is 3.15. The van der Waals surface area contributed by atoms with Crippen LogP contribution in [0.4, 0.5) is 0 Å². The lowest BCUT2D eigenvalue weighted by molar-refractivity contribution is -0.119. The average molecular weight is 408 g/mol. The van der Waals surface area contributed by atoms with Crippen LogP contribution in [0.2, 0.25) is 0 Å². The van der Waals surface area contributed by atoms with Crippen LogP contribution in [0.5, 0.6) is 11.5 Å². The van der Waals surface area contributed by atoms with E-state index in [2.05, 4.69) is 24.4 Å². The summed E-state index contributed by atoms with van der Waals surface area (Å²) in [5.41, 5.74) is 3.31. The zero-order valence-corrected chi connectivity index (χ0v) is 17.7. The molecule has 0 saturated carbocycles. The lowest BCUT2D eigenvalue weighted by Gasteiger charge is -2.21. The van der Waals surface area contributed by atoms with E-state index in [1.807, 2.05) is 60.7 Å². The Morgan fingerprint density at radius 2 is 1.62 bits per heavy atom. The van der Waals surface area contributed by atoms with Crippen molar-refractivity contribution in [3.05, 3.63) is 89.5 Å². The van der Waals surface area contributed by atoms with Gasteiger partial charge in [0.25, 0.3) is 0 Å². The minimum absolute atomic E-state index is 0.0260. The lowest BCUT2D eigenvalue weighted by atomic mass is 9.95. The summed E-state index contributed by atoms with van der Waals surface area (Å²) in [6.07, 6.45) is 0. The van der Waals surface area contributed by atoms with Crippen LogP contribution in [0.3, 0.4) is 0 Å². The number of carbonyl (C=O) groups is 1. The molecule has 0 spiro atoms. The van der Waals surface area contributed by atoms with E-state index in [0.29, 0.717) is 17.3 Å². The predicted molar refractivity (Wildman–Crippen MR) is 118 cm³/mol. The van der Waals surface area contributed by atoms with Crippen LogP contribution < -0.4 is 14.8 Å². The molecular formula is C24H25NO3S. The molecule has 5 heteroatoms. The molecule has 1 unspecified atom stereocenters. The summed E-state index contributed by atoms with van der Waals surface area (Å²) in [5, 5.41) is 3.20. The van der Waals surface area contributed by atoms with E-state index in [9.17, 15) is 4.79 Å². The minimum atomic E-state index is -0.184. The van der Waals surface area contributed by atoms with Gasteiger partial charge >= 0.3 is 0 Å². The van der Waals surface area contributed by atoms with Crippen LogP contribution in [-0.4, -0.2) is 25.9 Å². The molecule has 150 valence electrons. The van der Waals surface area contributed by atoms with Gasteiger partial charge in [0.2, 0.25) is 5.91 Å². The molecule has 0 heterocycles. The van der Waals surface area contributed by atoms with Gasteiger partial charge in [-0.05, 0) is 41.8 Å². The Morgan fingerprint density at radius 3 is 2.31 bits per heavy atom. The molecule has 4 nitrogen and oxygen atoms in total. The molecule has 0 aliphatic rings. The van der Waals surface area contributed by atoms with Crippen LogP contribution in [0.25, 0.3) is 0 Å². The summed E-state index contributed by atoms with van der Waals surface area (Å²) in [7, 11) is 3.21. The van der Waals surface area contributed by atoms with Crippen molar-refractivity contribution in [3.63, 3.8) is 0 Å². The van der Waals surface area contributed by atoms with Gasteiger partial charge < -0.3 is 14.8 Å². The van der Waals surface area contributed by atoms with Crippen molar-refractivity contribution < 1.29 is 14.3 Å². The number of hydrogen-bond acceptors (Lipinski definition) is 4. The number of rotatable bonds is 8. The molecule has 29 heavy (non-hydrogen) atoms. The van der Waals surface area contributed by atoms with E-state index in [4.69, 9.17) is 9.47 Å². The van der Waals surface area contributed by atoms with Crippen molar-refractivity contribution in [2.24, 2.45) is 0 Å². The molecule has 1 N–H and O–H groups in total. The Hall–Kier alpha value is -2.92. The lowest BCUT2D eigenvalue weighted by Crippen LogP contribution is -2.31. The third kappa shape index (κ3) is 5.33. The van der Waals surface area contributed by atoms with Gasteiger partial charge in [-0.3, -0.25) is 4.79 Å². The highest BCUT2D eigenvalue weighted by molar-refractivity contribution is 8.00. The van der Waals surface area contributed by atoms with Gasteiger partial charge in [-0.15, -0.1) is 11.8 Å². The summed E-state index contributed by atoms with van der Waals surface area (Å²) in [4.78, 5) is 13.7. The highest BCUT2D eigenvalue weighted by Gasteiger charge is 2.18. The first-order valence-electron chi connectivity index (χ1n) is 9.37. The van der Waals surface area contributed by atoms with Crippen LogP contribution >= 0.6 is 11.8 Å². The number of benzene rings is 3. The molecule has 1 amide bonds. The van der Waals surface area contributed by atoms with Gasteiger partial charge in [0.1, 0.15) is 0 Å². The highest BCUT2D eigenvalue weighted by atomic mass is 32.2. The standard InChI is InChI=1S/C24H25NO3S/c1-17-9-7-8-12-20(17)24(18-10-5-4-6-11-18)25-23(26)16-29-19-13-14-21(27-2)22(15-19)28-3/h4-15,24H,16H2,1-3H3,(H,25,26). The number of amides is 1. The van der Waals surface area contributed by atoms with Crippen molar-refractivity contribution >= 4 is 17.7 Å². The summed E-state index contributed by atoms with van der Waals surface area (Å²) in [6.45, 7) is 2.07. The second kappa shape index (κ2) is 10.0. The van der Waals surface area contributed by atoms with Crippen molar-refractivity contribution in [3.8, 4) is 11.5 Å². The van der Waals surface area contributed by atoms with Gasteiger partial charge in [0.05, 0.1) is 26.0 Å². The molecule has 3 aromatic rings. The van der Waals surface area contributed by atoms with Crippen molar-refractivity contribution in [1.82, 2.24) is 5.32 Å². The third-order valence-electron chi connectivity index (χ3n) is 4.66. The predicted octanol–water partition coefficient (Wildman–Crippen LogP) is 5.01. The maximum absolute atomic E-state index is 12.8. The van der Waals surface area contributed by atoms with Crippen molar-refractivity contribution in [2.75, 3.05) is 20.0 Å². The topological polar surface area (TPSA) is 47.6 Å². The molecule has 1 atom stereocenters. The number of thioether (sulfide) groups is 1. The first-order valence-corrected chi connectivity index (χ1v) is 10.4. The van der Waals surface area contributed by atoms with E-state index in [0.717, 1.165) is 21.6 Å². The number of hydrogen-bond donors (Lipinski definition) is 1. The second-order valence-electron chi connectivity index (χ2n) is 6.57. The Kier molecular flexibility index (Phi) is 7.19. The monoisotopic (exact) mass is 407 g/mol. The molecule has 3 rings (SSSR count). The van der Waals surface area contributed by atoms with E-state index >= 15 is 0 Å². The summed E-state index contributed by atoms with van der Waals surface area (Å²) in [6, 6.07) is 23.7. The molecule has 0 aliphatic carbocycles. The Balaban J connectivity index is 1.73. The fraction of sp³-hybridized carbons (Fsp3) is 0.208. The van der Waals surface area contributed by atoms with E-state index in [-0.39, 0.29) is 11.9 Å². The maximum Gasteiger partial charge on any atom is 0.231 e. The van der Waals surface area contributed by atoms with Gasteiger partial charge in [0, 0.05) is 4.90 Å². The largest absolute Gasteiger partial charge is 0.493 e. The summed E-state index contributed by atoms with van der Waals surface area (Å²) in [5.74, 6) is 1.61. The number of methoxy groups -OCH3 is 2. The van der Waals surface area contributed by atoms with E-state index in [1.165, 1.54) is 11.8 Å². The number of aryl methyl sites for hydroxylation is 1. The smallest absolute Gasteiger partial charge is 0.231 e. The van der Waals surface area contributed by atoms with E-state index < -0.39 is 0 Å². The SMILES string of the molecule is COc1ccc(SCC(=O)NC(c2ccccc2)c2ccccc2C)cc1OC. The number of carbonyl (C=O) groups excluding carboxylic acids is 1. The molecule has 0 fully saturated rings. The minimum Gasteiger partial charge on any atom is -0.493 e. The molecule has 3 aromatic carbocycles. The van der Waals surface area contributed by atoms with Crippen molar-refractivity contribution in [2.45, 2.75) is 17.9 Å². The zero-order valence-electron chi connectivity index (χ0n) is 16.8. The fourth-order valence-corrected chi connectivity index (χ4v) is 3.89.